The first kappa shape index (κ1) is 19.9. The molecule has 5 nitrogen and oxygen atoms in total. The number of benzene rings is 1. The number of likely N-dealkylation sites (tertiary alicyclic amines) is 1. The Balaban J connectivity index is 1.31. The highest BCUT2D eigenvalue weighted by molar-refractivity contribution is 7.17. The summed E-state index contributed by atoms with van der Waals surface area (Å²) in [6.07, 6.45) is 2.19. The van der Waals surface area contributed by atoms with Crippen LogP contribution >= 0.6 is 22.7 Å². The average Bonchev–Trinajstić information content (AvgIpc) is 3.56. The number of carbonyl (C=O) groups is 1. The van der Waals surface area contributed by atoms with E-state index in [9.17, 15) is 4.79 Å². The number of hydrogen-bond donors (Lipinski definition) is 0. The minimum atomic E-state index is -0.0809. The molecule has 2 aliphatic heterocycles. The van der Waals surface area contributed by atoms with Crippen molar-refractivity contribution >= 4 is 28.6 Å². The largest absolute Gasteiger partial charge is 0.350 e. The van der Waals surface area contributed by atoms with E-state index < -0.39 is 0 Å². The van der Waals surface area contributed by atoms with Crippen LogP contribution in [0.1, 0.15) is 17.7 Å². The Morgan fingerprint density at radius 2 is 1.83 bits per heavy atom. The lowest BCUT2D eigenvalue weighted by Gasteiger charge is -2.33. The van der Waals surface area contributed by atoms with Gasteiger partial charge in [0.25, 0.3) is 0 Å². The van der Waals surface area contributed by atoms with Crippen molar-refractivity contribution in [2.24, 2.45) is 5.92 Å². The Morgan fingerprint density at radius 3 is 2.53 bits per heavy atom. The molecule has 3 aromatic rings. The SMILES string of the molecule is O=C(Cc1sc(-c2ccccc2)nc1-c1cccs1)N1CCC(C2OCCO2)CC1. The second-order valence-corrected chi connectivity index (χ2v) is 9.67. The summed E-state index contributed by atoms with van der Waals surface area (Å²) in [6.45, 7) is 2.91. The van der Waals surface area contributed by atoms with E-state index in [1.165, 1.54) is 0 Å². The van der Waals surface area contributed by atoms with Gasteiger partial charge in [0.1, 0.15) is 5.01 Å². The van der Waals surface area contributed by atoms with Crippen molar-refractivity contribution in [1.29, 1.82) is 0 Å². The molecule has 0 spiro atoms. The van der Waals surface area contributed by atoms with Crippen LogP contribution in [0.15, 0.2) is 47.8 Å². The van der Waals surface area contributed by atoms with Gasteiger partial charge in [0.2, 0.25) is 5.91 Å². The van der Waals surface area contributed by atoms with Crippen LogP contribution in [0.3, 0.4) is 0 Å². The van der Waals surface area contributed by atoms with Gasteiger partial charge in [-0.15, -0.1) is 22.7 Å². The maximum absolute atomic E-state index is 13.1. The Bertz CT molecular complexity index is 973. The summed E-state index contributed by atoms with van der Waals surface area (Å²) in [4.78, 5) is 22.2. The maximum Gasteiger partial charge on any atom is 0.227 e. The molecule has 156 valence electrons. The molecule has 0 unspecified atom stereocenters. The second-order valence-electron chi connectivity index (χ2n) is 7.64. The number of rotatable bonds is 5. The van der Waals surface area contributed by atoms with Gasteiger partial charge in [-0.2, -0.15) is 0 Å². The van der Waals surface area contributed by atoms with Gasteiger partial charge in [-0.25, -0.2) is 4.98 Å². The molecular weight excluding hydrogens is 416 g/mol. The second kappa shape index (κ2) is 8.98. The highest BCUT2D eigenvalue weighted by Gasteiger charge is 2.32. The maximum atomic E-state index is 13.1. The molecule has 0 saturated carbocycles. The van der Waals surface area contributed by atoms with Crippen molar-refractivity contribution in [2.75, 3.05) is 26.3 Å². The van der Waals surface area contributed by atoms with Crippen molar-refractivity contribution in [1.82, 2.24) is 9.88 Å². The number of aromatic nitrogens is 1. The van der Waals surface area contributed by atoms with Crippen LogP contribution in [0.2, 0.25) is 0 Å². The first-order chi connectivity index (χ1) is 14.8. The molecule has 0 N–H and O–H groups in total. The van der Waals surface area contributed by atoms with Crippen molar-refractivity contribution in [3.63, 3.8) is 0 Å². The molecular formula is C23H24N2O3S2. The standard InChI is InChI=1S/C23H24N2O3S2/c26-20(25-10-8-17(9-11-25)23-27-12-13-28-23)15-19-21(18-7-4-14-29-18)24-22(30-19)16-5-2-1-3-6-16/h1-7,14,17,23H,8-13,15H2. The molecule has 0 bridgehead atoms. The van der Waals surface area contributed by atoms with Crippen molar-refractivity contribution in [3.05, 3.63) is 52.7 Å². The molecule has 30 heavy (non-hydrogen) atoms. The quantitative estimate of drug-likeness (QED) is 0.577. The van der Waals surface area contributed by atoms with E-state index in [0.717, 1.165) is 52.0 Å². The fourth-order valence-electron chi connectivity index (χ4n) is 4.10. The summed E-state index contributed by atoms with van der Waals surface area (Å²) in [6, 6.07) is 14.3. The van der Waals surface area contributed by atoms with E-state index in [0.29, 0.717) is 25.6 Å². The van der Waals surface area contributed by atoms with Gasteiger partial charge in [-0.3, -0.25) is 4.79 Å². The Labute approximate surface area is 184 Å². The van der Waals surface area contributed by atoms with Crippen molar-refractivity contribution in [2.45, 2.75) is 25.6 Å². The van der Waals surface area contributed by atoms with Gasteiger partial charge >= 0.3 is 0 Å². The fraction of sp³-hybridized carbons (Fsp3) is 0.391. The monoisotopic (exact) mass is 440 g/mol. The predicted octanol–water partition coefficient (Wildman–Crippen LogP) is 4.69. The third-order valence-electron chi connectivity index (χ3n) is 5.71. The van der Waals surface area contributed by atoms with Crippen molar-refractivity contribution < 1.29 is 14.3 Å². The number of hydrogen-bond acceptors (Lipinski definition) is 6. The van der Waals surface area contributed by atoms with Crippen LogP contribution < -0.4 is 0 Å². The predicted molar refractivity (Wildman–Crippen MR) is 120 cm³/mol. The Kier molecular flexibility index (Phi) is 5.95. The van der Waals surface area contributed by atoms with E-state index >= 15 is 0 Å². The lowest BCUT2D eigenvalue weighted by atomic mass is 9.96. The average molecular weight is 441 g/mol. The van der Waals surface area contributed by atoms with Crippen molar-refractivity contribution in [3.8, 4) is 21.1 Å². The molecule has 1 aromatic carbocycles. The first-order valence-electron chi connectivity index (χ1n) is 10.4. The molecule has 5 rings (SSSR count). The molecule has 2 fully saturated rings. The molecule has 0 radical (unpaired) electrons. The minimum Gasteiger partial charge on any atom is -0.350 e. The zero-order chi connectivity index (χ0) is 20.3. The normalized spacial score (nSPS) is 18.2. The highest BCUT2D eigenvalue weighted by atomic mass is 32.1. The summed E-state index contributed by atoms with van der Waals surface area (Å²) < 4.78 is 11.3. The molecule has 0 atom stereocenters. The number of carbonyl (C=O) groups excluding carboxylic acids is 1. The zero-order valence-electron chi connectivity index (χ0n) is 16.7. The van der Waals surface area contributed by atoms with E-state index in [4.69, 9.17) is 14.5 Å². The van der Waals surface area contributed by atoms with E-state index in [-0.39, 0.29) is 12.2 Å². The van der Waals surface area contributed by atoms with Crippen LogP contribution in [0, 0.1) is 5.92 Å². The van der Waals surface area contributed by atoms with Gasteiger partial charge in [0.15, 0.2) is 6.29 Å². The summed E-state index contributed by atoms with van der Waals surface area (Å²) >= 11 is 3.30. The third kappa shape index (κ3) is 4.21. The molecule has 0 aliphatic carbocycles. The first-order valence-corrected chi connectivity index (χ1v) is 12.1. The molecule has 4 heterocycles. The fourth-order valence-corrected chi connectivity index (χ4v) is 5.98. The highest BCUT2D eigenvalue weighted by Crippen LogP contribution is 2.36. The summed E-state index contributed by atoms with van der Waals surface area (Å²) in [7, 11) is 0. The molecule has 7 heteroatoms. The van der Waals surface area contributed by atoms with Gasteiger partial charge in [-0.1, -0.05) is 36.4 Å². The number of thiophene rings is 1. The van der Waals surface area contributed by atoms with Crippen LogP contribution in [-0.2, 0) is 20.7 Å². The Morgan fingerprint density at radius 1 is 1.07 bits per heavy atom. The van der Waals surface area contributed by atoms with Crippen LogP contribution in [0.5, 0.6) is 0 Å². The van der Waals surface area contributed by atoms with Crippen LogP contribution in [-0.4, -0.2) is 48.4 Å². The van der Waals surface area contributed by atoms with Gasteiger partial charge in [-0.05, 0) is 24.3 Å². The van der Waals surface area contributed by atoms with Gasteiger partial charge in [0.05, 0.1) is 30.2 Å². The molecule has 2 saturated heterocycles. The summed E-state index contributed by atoms with van der Waals surface area (Å²) in [5, 5.41) is 3.02. The smallest absolute Gasteiger partial charge is 0.227 e. The lowest BCUT2D eigenvalue weighted by molar-refractivity contribution is -0.136. The topological polar surface area (TPSA) is 51.7 Å². The van der Waals surface area contributed by atoms with Gasteiger partial charge < -0.3 is 14.4 Å². The van der Waals surface area contributed by atoms with Gasteiger partial charge in [0, 0.05) is 29.4 Å². The number of ether oxygens (including phenoxy) is 2. The molecule has 2 aliphatic rings. The summed E-state index contributed by atoms with van der Waals surface area (Å²) in [5.74, 6) is 0.578. The van der Waals surface area contributed by atoms with Crippen LogP contribution in [0.4, 0.5) is 0 Å². The van der Waals surface area contributed by atoms with E-state index in [1.54, 1.807) is 22.7 Å². The number of amides is 1. The van der Waals surface area contributed by atoms with Crippen LogP contribution in [0.25, 0.3) is 21.1 Å². The number of thiazole rings is 1. The number of piperidine rings is 1. The Hall–Kier alpha value is -2.06. The number of nitrogens with zero attached hydrogens (tertiary/aromatic N) is 2. The lowest BCUT2D eigenvalue weighted by Crippen LogP contribution is -2.42. The molecule has 2 aromatic heterocycles. The zero-order valence-corrected chi connectivity index (χ0v) is 18.3. The summed E-state index contributed by atoms with van der Waals surface area (Å²) in [5.41, 5.74) is 2.04. The third-order valence-corrected chi connectivity index (χ3v) is 7.69. The van der Waals surface area contributed by atoms with E-state index in [1.807, 2.05) is 29.2 Å². The minimum absolute atomic E-state index is 0.0809. The molecule has 1 amide bonds. The van der Waals surface area contributed by atoms with E-state index in [2.05, 4.69) is 23.6 Å².